The molecule has 1 aromatic carbocycles. The summed E-state index contributed by atoms with van der Waals surface area (Å²) in [5.41, 5.74) is 10.2. The van der Waals surface area contributed by atoms with E-state index in [4.69, 9.17) is 10.5 Å². The Morgan fingerprint density at radius 1 is 1.19 bits per heavy atom. The molecule has 0 amide bonds. The quantitative estimate of drug-likeness (QED) is 0.670. The summed E-state index contributed by atoms with van der Waals surface area (Å²) in [5, 5.41) is 9.70. The number of hydrogen-bond donors (Lipinski definition) is 2. The van der Waals surface area contributed by atoms with Crippen LogP contribution in [0, 0.1) is 11.3 Å². The summed E-state index contributed by atoms with van der Waals surface area (Å²) in [6, 6.07) is 10.8. The lowest BCUT2D eigenvalue weighted by Gasteiger charge is -2.57. The average Bonchev–Trinajstić information content (AvgIpc) is 2.74. The van der Waals surface area contributed by atoms with Gasteiger partial charge in [-0.1, -0.05) is 24.3 Å². The molecular formula is C26H33N3O3. The third kappa shape index (κ3) is 4.19. The molecule has 3 aliphatic rings. The summed E-state index contributed by atoms with van der Waals surface area (Å²) in [4.78, 5) is 19.8. The standard InChI is InChI=1S/C26H33N3O3/c1-17(29-13-26(14-29)15-32-16-26)19-4-6-20(7-5-19)21-11-23(25(27)28-12-21)24(31)10-18-2-8-22(30)9-3-18/h4-7,11-12,17-18,22,30H,2-3,8-10,13-16H2,1H3,(H2,27,28)/t17-,18?,22?/m1/s1. The molecule has 1 atom stereocenters. The molecule has 3 fully saturated rings. The van der Waals surface area contributed by atoms with Gasteiger partial charge in [-0.2, -0.15) is 0 Å². The molecular weight excluding hydrogens is 402 g/mol. The molecule has 1 spiro atoms. The van der Waals surface area contributed by atoms with E-state index in [0.29, 0.717) is 35.2 Å². The van der Waals surface area contributed by atoms with Crippen LogP contribution in [0.4, 0.5) is 5.82 Å². The fourth-order valence-corrected chi connectivity index (χ4v) is 5.41. The normalized spacial score (nSPS) is 25.7. The topological polar surface area (TPSA) is 88.7 Å². The van der Waals surface area contributed by atoms with Crippen LogP contribution in [-0.2, 0) is 4.74 Å². The van der Waals surface area contributed by atoms with Crippen molar-refractivity contribution in [2.75, 3.05) is 32.0 Å². The second-order valence-corrected chi connectivity index (χ2v) is 10.2. The number of anilines is 1. The molecule has 0 bridgehead atoms. The van der Waals surface area contributed by atoms with Crippen LogP contribution in [0.25, 0.3) is 11.1 Å². The number of nitrogens with zero attached hydrogens (tertiary/aromatic N) is 2. The van der Waals surface area contributed by atoms with E-state index in [2.05, 4.69) is 41.1 Å². The molecule has 5 rings (SSSR count). The van der Waals surface area contributed by atoms with Crippen molar-refractivity contribution >= 4 is 11.6 Å². The van der Waals surface area contributed by atoms with Gasteiger partial charge in [-0.05, 0) is 55.7 Å². The second-order valence-electron chi connectivity index (χ2n) is 10.2. The number of rotatable bonds is 6. The van der Waals surface area contributed by atoms with Crippen molar-refractivity contribution in [2.45, 2.75) is 51.2 Å². The maximum atomic E-state index is 12.9. The Hall–Kier alpha value is -2.28. The average molecular weight is 436 g/mol. The molecule has 1 aliphatic carbocycles. The summed E-state index contributed by atoms with van der Waals surface area (Å²) in [5.74, 6) is 0.670. The van der Waals surface area contributed by atoms with Gasteiger partial charge in [-0.3, -0.25) is 9.69 Å². The van der Waals surface area contributed by atoms with Gasteiger partial charge in [-0.25, -0.2) is 4.98 Å². The van der Waals surface area contributed by atoms with Crippen molar-refractivity contribution in [3.63, 3.8) is 0 Å². The minimum Gasteiger partial charge on any atom is -0.393 e. The van der Waals surface area contributed by atoms with E-state index in [1.54, 1.807) is 6.20 Å². The molecule has 170 valence electrons. The zero-order chi connectivity index (χ0) is 22.3. The number of aliphatic hydroxyl groups excluding tert-OH is 1. The maximum absolute atomic E-state index is 12.9. The lowest BCUT2D eigenvalue weighted by atomic mass is 9.76. The minimum atomic E-state index is -0.212. The van der Waals surface area contributed by atoms with Crippen LogP contribution in [0.15, 0.2) is 36.5 Å². The van der Waals surface area contributed by atoms with E-state index in [0.717, 1.165) is 63.1 Å². The molecule has 2 aliphatic heterocycles. The second kappa shape index (κ2) is 8.58. The summed E-state index contributed by atoms with van der Waals surface area (Å²) in [6.07, 6.45) is 5.36. The van der Waals surface area contributed by atoms with Crippen LogP contribution in [0.1, 0.15) is 61.0 Å². The van der Waals surface area contributed by atoms with Crippen LogP contribution in [0.5, 0.6) is 0 Å². The highest BCUT2D eigenvalue weighted by atomic mass is 16.5. The Kier molecular flexibility index (Phi) is 5.78. The Balaban J connectivity index is 1.26. The maximum Gasteiger partial charge on any atom is 0.166 e. The molecule has 3 N–H and O–H groups in total. The van der Waals surface area contributed by atoms with Crippen molar-refractivity contribution in [1.29, 1.82) is 0 Å². The number of nitrogen functional groups attached to an aromatic ring is 1. The molecule has 6 heteroatoms. The Morgan fingerprint density at radius 3 is 2.50 bits per heavy atom. The van der Waals surface area contributed by atoms with Gasteiger partial charge in [0, 0.05) is 42.7 Å². The number of aliphatic hydroxyl groups is 1. The number of ketones is 1. The van der Waals surface area contributed by atoms with Crippen molar-refractivity contribution in [1.82, 2.24) is 9.88 Å². The van der Waals surface area contributed by atoms with E-state index >= 15 is 0 Å². The molecule has 1 aromatic heterocycles. The van der Waals surface area contributed by atoms with Crippen LogP contribution in [0.3, 0.4) is 0 Å². The molecule has 0 unspecified atom stereocenters. The first-order valence-corrected chi connectivity index (χ1v) is 11.8. The third-order valence-corrected chi connectivity index (χ3v) is 7.68. The van der Waals surface area contributed by atoms with Gasteiger partial charge in [-0.15, -0.1) is 0 Å². The van der Waals surface area contributed by atoms with Crippen LogP contribution < -0.4 is 5.73 Å². The van der Waals surface area contributed by atoms with Gasteiger partial charge in [0.05, 0.1) is 24.9 Å². The molecule has 1 saturated carbocycles. The number of likely N-dealkylation sites (tertiary alicyclic amines) is 1. The van der Waals surface area contributed by atoms with Crippen LogP contribution in [0.2, 0.25) is 0 Å². The molecule has 6 nitrogen and oxygen atoms in total. The number of ether oxygens (including phenoxy) is 1. The number of aromatic nitrogens is 1. The van der Waals surface area contributed by atoms with Crippen molar-refractivity contribution < 1.29 is 14.6 Å². The summed E-state index contributed by atoms with van der Waals surface area (Å²) >= 11 is 0. The SMILES string of the molecule is C[C@H](c1ccc(-c2cnc(N)c(C(=O)CC3CCC(O)CC3)c2)cc1)N1CC2(COC2)C1. The predicted molar refractivity (Wildman–Crippen MR) is 124 cm³/mol. The molecule has 2 saturated heterocycles. The predicted octanol–water partition coefficient (Wildman–Crippen LogP) is 3.85. The van der Waals surface area contributed by atoms with E-state index in [1.807, 2.05) is 6.07 Å². The Bertz CT molecular complexity index is 970. The van der Waals surface area contributed by atoms with Gasteiger partial charge in [0.15, 0.2) is 5.78 Å². The van der Waals surface area contributed by atoms with Crippen molar-refractivity contribution in [3.8, 4) is 11.1 Å². The monoisotopic (exact) mass is 435 g/mol. The van der Waals surface area contributed by atoms with Gasteiger partial charge < -0.3 is 15.6 Å². The zero-order valence-corrected chi connectivity index (χ0v) is 18.8. The molecule has 2 aromatic rings. The molecule has 0 radical (unpaired) electrons. The first-order chi connectivity index (χ1) is 15.4. The summed E-state index contributed by atoms with van der Waals surface area (Å²) in [7, 11) is 0. The number of Topliss-reactive ketones (excluding diaryl/α,β-unsaturated/α-hetero) is 1. The molecule has 32 heavy (non-hydrogen) atoms. The van der Waals surface area contributed by atoms with Crippen LogP contribution >= 0.6 is 0 Å². The number of benzene rings is 1. The van der Waals surface area contributed by atoms with Gasteiger partial charge in [0.2, 0.25) is 0 Å². The van der Waals surface area contributed by atoms with Crippen molar-refractivity contribution in [2.24, 2.45) is 11.3 Å². The number of hydrogen-bond acceptors (Lipinski definition) is 6. The first kappa shape index (κ1) is 21.6. The Morgan fingerprint density at radius 2 is 1.88 bits per heavy atom. The third-order valence-electron chi connectivity index (χ3n) is 7.68. The van der Waals surface area contributed by atoms with E-state index in [9.17, 15) is 9.90 Å². The van der Waals surface area contributed by atoms with Gasteiger partial charge >= 0.3 is 0 Å². The largest absolute Gasteiger partial charge is 0.393 e. The summed E-state index contributed by atoms with van der Waals surface area (Å²) < 4.78 is 5.38. The number of carbonyl (C=O) groups excluding carboxylic acids is 1. The fraction of sp³-hybridized carbons (Fsp3) is 0.538. The number of nitrogens with two attached hydrogens (primary N) is 1. The lowest BCUT2D eigenvalue weighted by Crippen LogP contribution is -2.66. The summed E-state index contributed by atoms with van der Waals surface area (Å²) in [6.45, 7) is 6.30. The Labute approximate surface area is 189 Å². The molecule has 3 heterocycles. The minimum absolute atomic E-state index is 0.0511. The van der Waals surface area contributed by atoms with E-state index in [1.165, 1.54) is 5.56 Å². The first-order valence-electron chi connectivity index (χ1n) is 11.8. The fourth-order valence-electron chi connectivity index (χ4n) is 5.41. The zero-order valence-electron chi connectivity index (χ0n) is 18.8. The van der Waals surface area contributed by atoms with Gasteiger partial charge in [0.1, 0.15) is 5.82 Å². The van der Waals surface area contributed by atoms with E-state index in [-0.39, 0.29) is 11.9 Å². The van der Waals surface area contributed by atoms with Crippen LogP contribution in [-0.4, -0.2) is 53.2 Å². The highest BCUT2D eigenvalue weighted by Gasteiger charge is 2.50. The van der Waals surface area contributed by atoms with Gasteiger partial charge in [0.25, 0.3) is 0 Å². The number of carbonyl (C=O) groups is 1. The number of pyridine rings is 1. The van der Waals surface area contributed by atoms with Crippen molar-refractivity contribution in [3.05, 3.63) is 47.7 Å². The lowest BCUT2D eigenvalue weighted by molar-refractivity contribution is -0.197. The van der Waals surface area contributed by atoms with E-state index < -0.39 is 0 Å². The highest BCUT2D eigenvalue weighted by Crippen LogP contribution is 2.42. The smallest absolute Gasteiger partial charge is 0.166 e. The highest BCUT2D eigenvalue weighted by molar-refractivity contribution is 6.01.